The Bertz CT molecular complexity index is 690. The lowest BCUT2D eigenvalue weighted by atomic mass is 9.96. The smallest absolute Gasteiger partial charge is 0.125 e. The number of benzene rings is 1. The largest absolute Gasteiger partial charge is 0.507 e. The van der Waals surface area contributed by atoms with Gasteiger partial charge in [0.05, 0.1) is 5.69 Å². The van der Waals surface area contributed by atoms with Gasteiger partial charge in [0.25, 0.3) is 0 Å². The summed E-state index contributed by atoms with van der Waals surface area (Å²) in [6.45, 7) is 1.97. The van der Waals surface area contributed by atoms with Gasteiger partial charge in [0, 0.05) is 5.56 Å². The van der Waals surface area contributed by atoms with Crippen molar-refractivity contribution in [3.05, 3.63) is 40.6 Å². The highest BCUT2D eigenvalue weighted by molar-refractivity contribution is 5.74. The van der Waals surface area contributed by atoms with Gasteiger partial charge in [-0.05, 0) is 73.8 Å². The van der Waals surface area contributed by atoms with Crippen molar-refractivity contribution in [2.45, 2.75) is 44.9 Å². The molecule has 0 unspecified atom stereocenters. The number of aromatic nitrogens is 2. The molecule has 4 rings (SSSR count). The number of aromatic hydroxyl groups is 1. The van der Waals surface area contributed by atoms with Crippen LogP contribution >= 0.6 is 0 Å². The Morgan fingerprint density at radius 3 is 2.65 bits per heavy atom. The molecule has 1 saturated carbocycles. The third-order valence-corrected chi connectivity index (χ3v) is 4.39. The number of aryl methyl sites for hydroxylation is 3. The maximum atomic E-state index is 10.5. The standard InChI is InChI=1S/C17H18N2O/c1-10-7-13-4-2-3-12-8-14(11-5-6-11)9-15(20)16(12)17(13)19-18-10/h7-9,11,20H,2-6H2,1H3. The van der Waals surface area contributed by atoms with Crippen molar-refractivity contribution >= 4 is 0 Å². The molecule has 1 N–H and O–H groups in total. The first kappa shape index (κ1) is 11.9. The molecule has 1 aromatic heterocycles. The van der Waals surface area contributed by atoms with Crippen LogP contribution in [0.15, 0.2) is 18.2 Å². The lowest BCUT2D eigenvalue weighted by Gasteiger charge is -2.12. The second-order valence-corrected chi connectivity index (χ2v) is 6.06. The van der Waals surface area contributed by atoms with Crippen LogP contribution in [-0.4, -0.2) is 15.3 Å². The molecule has 20 heavy (non-hydrogen) atoms. The van der Waals surface area contributed by atoms with Crippen molar-refractivity contribution in [3.63, 3.8) is 0 Å². The van der Waals surface area contributed by atoms with Crippen LogP contribution < -0.4 is 0 Å². The molecular weight excluding hydrogens is 248 g/mol. The van der Waals surface area contributed by atoms with E-state index in [2.05, 4.69) is 22.3 Å². The highest BCUT2D eigenvalue weighted by Crippen LogP contribution is 2.45. The predicted molar refractivity (Wildman–Crippen MR) is 77.9 cm³/mol. The van der Waals surface area contributed by atoms with E-state index in [1.54, 1.807) is 0 Å². The normalized spacial score (nSPS) is 17.2. The Labute approximate surface area is 118 Å². The van der Waals surface area contributed by atoms with Crippen molar-refractivity contribution in [3.8, 4) is 17.0 Å². The molecule has 2 aliphatic rings. The summed E-state index contributed by atoms with van der Waals surface area (Å²) >= 11 is 0. The minimum Gasteiger partial charge on any atom is -0.507 e. The molecule has 0 radical (unpaired) electrons. The van der Waals surface area contributed by atoms with E-state index >= 15 is 0 Å². The van der Waals surface area contributed by atoms with Crippen LogP contribution in [0.25, 0.3) is 11.3 Å². The second-order valence-electron chi connectivity index (χ2n) is 6.06. The van der Waals surface area contributed by atoms with E-state index in [0.717, 1.165) is 36.2 Å². The molecule has 0 saturated heterocycles. The van der Waals surface area contributed by atoms with Gasteiger partial charge in [0.1, 0.15) is 11.4 Å². The van der Waals surface area contributed by atoms with E-state index in [9.17, 15) is 5.11 Å². The van der Waals surface area contributed by atoms with Crippen LogP contribution in [0.1, 0.15) is 47.6 Å². The van der Waals surface area contributed by atoms with Crippen LogP contribution in [0, 0.1) is 6.92 Å². The fourth-order valence-corrected chi connectivity index (χ4v) is 3.25. The SMILES string of the molecule is Cc1cc2c(nn1)-c1c(O)cc(C3CC3)cc1CCC2. The van der Waals surface area contributed by atoms with Crippen molar-refractivity contribution in [1.29, 1.82) is 0 Å². The predicted octanol–water partition coefficient (Wildman–Crippen LogP) is 3.52. The van der Waals surface area contributed by atoms with Crippen molar-refractivity contribution < 1.29 is 5.11 Å². The molecular formula is C17H18N2O. The molecule has 2 aliphatic carbocycles. The number of rotatable bonds is 1. The number of hydrogen-bond acceptors (Lipinski definition) is 3. The van der Waals surface area contributed by atoms with Gasteiger partial charge in [-0.2, -0.15) is 5.10 Å². The molecule has 0 bridgehead atoms. The lowest BCUT2D eigenvalue weighted by molar-refractivity contribution is 0.475. The Hall–Kier alpha value is -1.90. The van der Waals surface area contributed by atoms with Crippen molar-refractivity contribution in [2.75, 3.05) is 0 Å². The monoisotopic (exact) mass is 266 g/mol. The number of fused-ring (bicyclic) bond motifs is 3. The Balaban J connectivity index is 1.93. The maximum absolute atomic E-state index is 10.5. The van der Waals surface area contributed by atoms with Crippen LogP contribution in [-0.2, 0) is 12.8 Å². The summed E-state index contributed by atoms with van der Waals surface area (Å²) in [6, 6.07) is 6.32. The van der Waals surface area contributed by atoms with E-state index in [0.29, 0.717) is 11.7 Å². The average molecular weight is 266 g/mol. The summed E-state index contributed by atoms with van der Waals surface area (Å²) in [4.78, 5) is 0. The van der Waals surface area contributed by atoms with Gasteiger partial charge in [-0.1, -0.05) is 6.07 Å². The van der Waals surface area contributed by atoms with Gasteiger partial charge in [0.2, 0.25) is 0 Å². The zero-order valence-electron chi connectivity index (χ0n) is 11.7. The van der Waals surface area contributed by atoms with Crippen LogP contribution in [0.3, 0.4) is 0 Å². The summed E-state index contributed by atoms with van der Waals surface area (Å²) < 4.78 is 0. The summed E-state index contributed by atoms with van der Waals surface area (Å²) in [5.74, 6) is 1.05. The third-order valence-electron chi connectivity index (χ3n) is 4.39. The van der Waals surface area contributed by atoms with Gasteiger partial charge in [-0.3, -0.25) is 0 Å². The number of phenolic OH excluding ortho intramolecular Hbond substituents is 1. The molecule has 0 amide bonds. The molecule has 102 valence electrons. The van der Waals surface area contributed by atoms with E-state index in [4.69, 9.17) is 0 Å². The first-order valence-corrected chi connectivity index (χ1v) is 7.42. The highest BCUT2D eigenvalue weighted by Gasteiger charge is 2.27. The quantitative estimate of drug-likeness (QED) is 0.859. The first-order valence-electron chi connectivity index (χ1n) is 7.42. The van der Waals surface area contributed by atoms with E-state index in [1.807, 2.05) is 13.0 Å². The van der Waals surface area contributed by atoms with Gasteiger partial charge in [0.15, 0.2) is 0 Å². The second kappa shape index (κ2) is 4.30. The fourth-order valence-electron chi connectivity index (χ4n) is 3.25. The van der Waals surface area contributed by atoms with Crippen LogP contribution in [0.2, 0.25) is 0 Å². The number of phenols is 1. The van der Waals surface area contributed by atoms with Gasteiger partial charge in [-0.15, -0.1) is 5.10 Å². The van der Waals surface area contributed by atoms with E-state index in [1.165, 1.54) is 29.5 Å². The molecule has 3 heteroatoms. The van der Waals surface area contributed by atoms with Crippen LogP contribution in [0.5, 0.6) is 5.75 Å². The van der Waals surface area contributed by atoms with Gasteiger partial charge < -0.3 is 5.11 Å². The Morgan fingerprint density at radius 2 is 1.85 bits per heavy atom. The summed E-state index contributed by atoms with van der Waals surface area (Å²) in [7, 11) is 0. The van der Waals surface area contributed by atoms with Gasteiger partial charge in [-0.25, -0.2) is 0 Å². The maximum Gasteiger partial charge on any atom is 0.125 e. The zero-order valence-corrected chi connectivity index (χ0v) is 11.7. The molecule has 0 aliphatic heterocycles. The number of nitrogens with zero attached hydrogens (tertiary/aromatic N) is 2. The van der Waals surface area contributed by atoms with E-state index < -0.39 is 0 Å². The van der Waals surface area contributed by atoms with Crippen molar-refractivity contribution in [2.24, 2.45) is 0 Å². The topological polar surface area (TPSA) is 46.0 Å². The van der Waals surface area contributed by atoms with Gasteiger partial charge >= 0.3 is 0 Å². The minimum atomic E-state index is 0.380. The van der Waals surface area contributed by atoms with Crippen LogP contribution in [0.4, 0.5) is 0 Å². The zero-order chi connectivity index (χ0) is 13.7. The summed E-state index contributed by atoms with van der Waals surface area (Å²) in [5.41, 5.74) is 6.48. The highest BCUT2D eigenvalue weighted by atomic mass is 16.3. The molecule has 2 aromatic rings. The minimum absolute atomic E-state index is 0.380. The third kappa shape index (κ3) is 1.89. The lowest BCUT2D eigenvalue weighted by Crippen LogP contribution is -1.98. The van der Waals surface area contributed by atoms with E-state index in [-0.39, 0.29) is 0 Å². The first-order chi connectivity index (χ1) is 9.72. The number of hydrogen-bond donors (Lipinski definition) is 1. The molecule has 1 fully saturated rings. The average Bonchev–Trinajstić information content (AvgIpc) is 3.24. The van der Waals surface area contributed by atoms with Crippen molar-refractivity contribution in [1.82, 2.24) is 10.2 Å². The summed E-state index contributed by atoms with van der Waals surface area (Å²) in [5, 5.41) is 19.0. The Kier molecular flexibility index (Phi) is 2.56. The fraction of sp³-hybridized carbons (Fsp3) is 0.412. The molecule has 0 spiro atoms. The summed E-state index contributed by atoms with van der Waals surface area (Å²) in [6.07, 6.45) is 5.65. The Morgan fingerprint density at radius 1 is 1.05 bits per heavy atom. The molecule has 1 heterocycles. The molecule has 1 aromatic carbocycles. The molecule has 0 atom stereocenters. The molecule has 3 nitrogen and oxygen atoms in total.